The van der Waals surface area contributed by atoms with Gasteiger partial charge in [-0.15, -0.1) is 0 Å². The largest absolute Gasteiger partial charge is 0.374 e. The summed E-state index contributed by atoms with van der Waals surface area (Å²) >= 11 is 0. The lowest BCUT2D eigenvalue weighted by Crippen LogP contribution is -2.12. The predicted molar refractivity (Wildman–Crippen MR) is 77.0 cm³/mol. The highest BCUT2D eigenvalue weighted by Gasteiger charge is 2.16. The predicted octanol–water partition coefficient (Wildman–Crippen LogP) is 1.73. The second kappa shape index (κ2) is 4.51. The van der Waals surface area contributed by atoms with Gasteiger partial charge >= 0.3 is 0 Å². The maximum absolute atomic E-state index is 5.43. The maximum Gasteiger partial charge on any atom is 0.161 e. The standard InChI is InChI=1S/C14H17N5/c1-9-7-13(18-15)17-14(16-9)11-3-4-12-10(8-11)5-6-19(12)2/h3-4,7-8H,5-6,15H2,1-2H3,(H,16,17,18). The molecule has 0 amide bonds. The van der Waals surface area contributed by atoms with Crippen LogP contribution in [0.25, 0.3) is 11.4 Å². The van der Waals surface area contributed by atoms with Crippen LogP contribution in [0.3, 0.4) is 0 Å². The van der Waals surface area contributed by atoms with Crippen molar-refractivity contribution in [1.82, 2.24) is 9.97 Å². The molecule has 0 bridgehead atoms. The van der Waals surface area contributed by atoms with Gasteiger partial charge < -0.3 is 10.3 Å². The van der Waals surface area contributed by atoms with Gasteiger partial charge in [0, 0.05) is 36.6 Å². The second-order valence-electron chi connectivity index (χ2n) is 4.88. The molecule has 2 aromatic rings. The molecular weight excluding hydrogens is 238 g/mol. The van der Waals surface area contributed by atoms with E-state index in [1.54, 1.807) is 0 Å². The number of anilines is 2. The van der Waals surface area contributed by atoms with Crippen LogP contribution in [0.1, 0.15) is 11.3 Å². The number of likely N-dealkylation sites (N-methyl/N-ethyl adjacent to an activating group) is 1. The molecule has 0 unspecified atom stereocenters. The first kappa shape index (κ1) is 11.9. The van der Waals surface area contributed by atoms with Gasteiger partial charge in [0.15, 0.2) is 5.82 Å². The van der Waals surface area contributed by atoms with Crippen LogP contribution in [0.4, 0.5) is 11.5 Å². The van der Waals surface area contributed by atoms with E-state index in [0.29, 0.717) is 11.6 Å². The number of rotatable bonds is 2. The SMILES string of the molecule is Cc1cc(NN)nc(-c2ccc3c(c2)CCN3C)n1. The lowest BCUT2D eigenvalue weighted by Gasteiger charge is -2.12. The van der Waals surface area contributed by atoms with Crippen LogP contribution >= 0.6 is 0 Å². The van der Waals surface area contributed by atoms with Crippen molar-refractivity contribution in [2.24, 2.45) is 5.84 Å². The fourth-order valence-electron chi connectivity index (χ4n) is 2.48. The molecule has 5 nitrogen and oxygen atoms in total. The molecule has 19 heavy (non-hydrogen) atoms. The first-order valence-electron chi connectivity index (χ1n) is 6.34. The molecule has 5 heteroatoms. The summed E-state index contributed by atoms with van der Waals surface area (Å²) in [4.78, 5) is 11.1. The quantitative estimate of drug-likeness (QED) is 0.632. The van der Waals surface area contributed by atoms with Crippen LogP contribution in [0.15, 0.2) is 24.3 Å². The first-order chi connectivity index (χ1) is 9.17. The van der Waals surface area contributed by atoms with Gasteiger partial charge in [-0.3, -0.25) is 0 Å². The molecule has 1 aromatic carbocycles. The van der Waals surface area contributed by atoms with Gasteiger partial charge in [-0.1, -0.05) is 0 Å². The third-order valence-corrected chi connectivity index (χ3v) is 3.47. The van der Waals surface area contributed by atoms with E-state index in [2.05, 4.69) is 45.5 Å². The van der Waals surface area contributed by atoms with Gasteiger partial charge in [0.2, 0.25) is 0 Å². The Morgan fingerprint density at radius 3 is 2.89 bits per heavy atom. The second-order valence-corrected chi connectivity index (χ2v) is 4.88. The minimum Gasteiger partial charge on any atom is -0.374 e. The fourth-order valence-corrected chi connectivity index (χ4v) is 2.48. The molecule has 98 valence electrons. The van der Waals surface area contributed by atoms with Gasteiger partial charge in [-0.2, -0.15) is 0 Å². The van der Waals surface area contributed by atoms with E-state index >= 15 is 0 Å². The summed E-state index contributed by atoms with van der Waals surface area (Å²) in [5.41, 5.74) is 7.17. The average molecular weight is 255 g/mol. The maximum atomic E-state index is 5.43. The molecular formula is C14H17N5. The average Bonchev–Trinajstić information content (AvgIpc) is 2.79. The molecule has 1 aliphatic heterocycles. The zero-order valence-corrected chi connectivity index (χ0v) is 11.1. The van der Waals surface area contributed by atoms with Crippen LogP contribution in [0, 0.1) is 6.92 Å². The molecule has 0 atom stereocenters. The lowest BCUT2D eigenvalue weighted by atomic mass is 10.1. The number of nitrogen functional groups attached to an aromatic ring is 1. The zero-order chi connectivity index (χ0) is 13.4. The Bertz CT molecular complexity index is 623. The summed E-state index contributed by atoms with van der Waals surface area (Å²) in [6, 6.07) is 8.20. The van der Waals surface area contributed by atoms with Crippen molar-refractivity contribution < 1.29 is 0 Å². The highest BCUT2D eigenvalue weighted by Crippen LogP contribution is 2.30. The number of nitrogens with one attached hydrogen (secondary N) is 1. The molecule has 0 fully saturated rings. The van der Waals surface area contributed by atoms with Gasteiger partial charge in [0.05, 0.1) is 0 Å². The van der Waals surface area contributed by atoms with Crippen LogP contribution < -0.4 is 16.2 Å². The Labute approximate surface area is 112 Å². The molecule has 3 N–H and O–H groups in total. The van der Waals surface area contributed by atoms with E-state index in [9.17, 15) is 0 Å². The Balaban J connectivity index is 2.05. The van der Waals surface area contributed by atoms with E-state index in [4.69, 9.17) is 5.84 Å². The molecule has 0 saturated heterocycles. The van der Waals surface area contributed by atoms with Crippen LogP contribution in [-0.2, 0) is 6.42 Å². The van der Waals surface area contributed by atoms with E-state index in [-0.39, 0.29) is 0 Å². The Kier molecular flexibility index (Phi) is 2.83. The van der Waals surface area contributed by atoms with E-state index in [1.807, 2.05) is 13.0 Å². The monoisotopic (exact) mass is 255 g/mol. The number of hydrogen-bond donors (Lipinski definition) is 2. The van der Waals surface area contributed by atoms with Crippen molar-refractivity contribution >= 4 is 11.5 Å². The van der Waals surface area contributed by atoms with Gasteiger partial charge in [-0.25, -0.2) is 15.8 Å². The molecule has 3 rings (SSSR count). The summed E-state index contributed by atoms with van der Waals surface area (Å²) in [6.07, 6.45) is 1.08. The van der Waals surface area contributed by atoms with E-state index in [0.717, 1.165) is 24.2 Å². The minimum atomic E-state index is 0.639. The minimum absolute atomic E-state index is 0.639. The summed E-state index contributed by atoms with van der Waals surface area (Å²) in [5.74, 6) is 6.78. The number of hydrogen-bond acceptors (Lipinski definition) is 5. The van der Waals surface area contributed by atoms with Crippen molar-refractivity contribution in [3.63, 3.8) is 0 Å². The molecule has 1 aromatic heterocycles. The number of fused-ring (bicyclic) bond motifs is 1. The highest BCUT2D eigenvalue weighted by molar-refractivity contribution is 5.67. The number of aromatic nitrogens is 2. The van der Waals surface area contributed by atoms with E-state index in [1.165, 1.54) is 11.3 Å². The zero-order valence-electron chi connectivity index (χ0n) is 11.1. The molecule has 0 saturated carbocycles. The summed E-state index contributed by atoms with van der Waals surface area (Å²) in [5, 5.41) is 0. The van der Waals surface area contributed by atoms with Crippen LogP contribution in [0.5, 0.6) is 0 Å². The normalized spacial score (nSPS) is 13.5. The van der Waals surface area contributed by atoms with Gasteiger partial charge in [-0.05, 0) is 37.1 Å². The van der Waals surface area contributed by atoms with E-state index < -0.39 is 0 Å². The van der Waals surface area contributed by atoms with Crippen molar-refractivity contribution in [3.8, 4) is 11.4 Å². The summed E-state index contributed by atoms with van der Waals surface area (Å²) in [7, 11) is 2.12. The fraction of sp³-hybridized carbons (Fsp3) is 0.286. The Hall–Kier alpha value is -2.14. The smallest absolute Gasteiger partial charge is 0.161 e. The summed E-state index contributed by atoms with van der Waals surface area (Å²) < 4.78 is 0. The van der Waals surface area contributed by atoms with Gasteiger partial charge in [0.25, 0.3) is 0 Å². The number of aryl methyl sites for hydroxylation is 1. The van der Waals surface area contributed by atoms with Gasteiger partial charge in [0.1, 0.15) is 5.82 Å². The first-order valence-corrected chi connectivity index (χ1v) is 6.34. The number of benzene rings is 1. The molecule has 1 aliphatic rings. The van der Waals surface area contributed by atoms with Crippen molar-refractivity contribution in [1.29, 1.82) is 0 Å². The number of nitrogens with two attached hydrogens (primary N) is 1. The Morgan fingerprint density at radius 2 is 2.11 bits per heavy atom. The third kappa shape index (κ3) is 2.13. The number of nitrogens with zero attached hydrogens (tertiary/aromatic N) is 3. The highest BCUT2D eigenvalue weighted by atomic mass is 15.3. The lowest BCUT2D eigenvalue weighted by molar-refractivity contribution is 0.956. The third-order valence-electron chi connectivity index (χ3n) is 3.47. The van der Waals surface area contributed by atoms with Crippen molar-refractivity contribution in [3.05, 3.63) is 35.5 Å². The van der Waals surface area contributed by atoms with Crippen LogP contribution in [0.2, 0.25) is 0 Å². The van der Waals surface area contributed by atoms with Crippen molar-refractivity contribution in [2.75, 3.05) is 23.9 Å². The molecule has 0 radical (unpaired) electrons. The molecule has 2 heterocycles. The van der Waals surface area contributed by atoms with Crippen LogP contribution in [-0.4, -0.2) is 23.6 Å². The summed E-state index contributed by atoms with van der Waals surface area (Å²) in [6.45, 7) is 3.01. The molecule has 0 aliphatic carbocycles. The van der Waals surface area contributed by atoms with Crippen molar-refractivity contribution in [2.45, 2.75) is 13.3 Å². The number of hydrazine groups is 1. The topological polar surface area (TPSA) is 67.1 Å². The molecule has 0 spiro atoms. The Morgan fingerprint density at radius 1 is 1.26 bits per heavy atom.